The summed E-state index contributed by atoms with van der Waals surface area (Å²) in [5, 5.41) is 23.4. The zero-order chi connectivity index (χ0) is 24.7. The third kappa shape index (κ3) is 4.36. The second kappa shape index (κ2) is 9.47. The second-order valence-corrected chi connectivity index (χ2v) is 10.8. The predicted octanol–water partition coefficient (Wildman–Crippen LogP) is 5.02. The minimum Gasteiger partial charge on any atom is -0.385 e. The van der Waals surface area contributed by atoms with E-state index in [0.29, 0.717) is 28.6 Å². The van der Waals surface area contributed by atoms with Gasteiger partial charge in [-0.15, -0.1) is 5.10 Å². The van der Waals surface area contributed by atoms with E-state index in [1.54, 1.807) is 0 Å². The van der Waals surface area contributed by atoms with E-state index in [-0.39, 0.29) is 5.92 Å². The number of pyridine rings is 1. The quantitative estimate of drug-likeness (QED) is 0.328. The Labute approximate surface area is 215 Å². The molecule has 2 fully saturated rings. The van der Waals surface area contributed by atoms with Crippen LogP contribution >= 0.6 is 11.6 Å². The summed E-state index contributed by atoms with van der Waals surface area (Å²) in [5.74, 6) is 0.623. The van der Waals surface area contributed by atoms with Crippen molar-refractivity contribution in [2.45, 2.75) is 62.1 Å². The van der Waals surface area contributed by atoms with Crippen molar-refractivity contribution in [1.82, 2.24) is 25.3 Å². The Morgan fingerprint density at radius 3 is 2.53 bits per heavy atom. The Morgan fingerprint density at radius 1 is 1.08 bits per heavy atom. The van der Waals surface area contributed by atoms with Crippen LogP contribution in [0.5, 0.6) is 0 Å². The fraction of sp³-hybridized carbons (Fsp3) is 0.393. The average molecular weight is 503 g/mol. The molecule has 2 saturated heterocycles. The lowest BCUT2D eigenvalue weighted by atomic mass is 9.80. The number of nitrogen functional groups attached to an aromatic ring is 1. The number of aliphatic hydroxyl groups is 1. The summed E-state index contributed by atoms with van der Waals surface area (Å²) in [4.78, 5) is 6.99. The number of nitrogens with two attached hydrogens (primary N) is 1. The maximum Gasteiger partial charge on any atom is 0.178 e. The van der Waals surface area contributed by atoms with E-state index < -0.39 is 5.60 Å². The van der Waals surface area contributed by atoms with Crippen LogP contribution in [0.1, 0.15) is 61.1 Å². The van der Waals surface area contributed by atoms with Crippen LogP contribution in [0.3, 0.4) is 0 Å². The molecule has 0 radical (unpaired) electrons. The fourth-order valence-corrected chi connectivity index (χ4v) is 6.62. The van der Waals surface area contributed by atoms with Gasteiger partial charge in [0.2, 0.25) is 0 Å². The van der Waals surface area contributed by atoms with Gasteiger partial charge >= 0.3 is 0 Å². The van der Waals surface area contributed by atoms with Gasteiger partial charge in [-0.1, -0.05) is 59.3 Å². The number of aromatic nitrogens is 4. The molecule has 2 aliphatic heterocycles. The van der Waals surface area contributed by atoms with Crippen LogP contribution in [0.25, 0.3) is 11.2 Å². The molecule has 8 heteroatoms. The monoisotopic (exact) mass is 502 g/mol. The van der Waals surface area contributed by atoms with Gasteiger partial charge < -0.3 is 10.8 Å². The average Bonchev–Trinajstić information content (AvgIpc) is 3.44. The molecule has 4 atom stereocenters. The molecule has 2 aromatic heterocycles. The molecule has 0 unspecified atom stereocenters. The van der Waals surface area contributed by atoms with Gasteiger partial charge in [-0.05, 0) is 80.0 Å². The second-order valence-electron chi connectivity index (χ2n) is 10.3. The summed E-state index contributed by atoms with van der Waals surface area (Å²) in [7, 11) is 0. The number of halogens is 1. The lowest BCUT2D eigenvalue weighted by Crippen LogP contribution is -2.49. The van der Waals surface area contributed by atoms with E-state index in [1.807, 2.05) is 36.4 Å². The molecular weight excluding hydrogens is 472 g/mol. The number of aromatic amines is 1. The van der Waals surface area contributed by atoms with Crippen molar-refractivity contribution < 1.29 is 5.11 Å². The number of piperidine rings is 1. The van der Waals surface area contributed by atoms with Gasteiger partial charge in [-0.2, -0.15) is 0 Å². The minimum atomic E-state index is -0.771. The molecule has 7 nitrogen and oxygen atoms in total. The van der Waals surface area contributed by atoms with Gasteiger partial charge in [0.25, 0.3) is 0 Å². The molecule has 4 N–H and O–H groups in total. The van der Waals surface area contributed by atoms with E-state index in [4.69, 9.17) is 17.3 Å². The van der Waals surface area contributed by atoms with E-state index in [2.05, 4.69) is 49.6 Å². The number of fused-ring (bicyclic) bond motifs is 3. The predicted molar refractivity (Wildman–Crippen MR) is 142 cm³/mol. The Bertz CT molecular complexity index is 1330. The third-order valence-electron chi connectivity index (χ3n) is 8.13. The van der Waals surface area contributed by atoms with Crippen molar-refractivity contribution in [1.29, 1.82) is 0 Å². The van der Waals surface area contributed by atoms with Crippen molar-refractivity contribution in [3.8, 4) is 0 Å². The summed E-state index contributed by atoms with van der Waals surface area (Å²) in [6.45, 7) is 1.01. The molecule has 4 heterocycles. The molecule has 6 rings (SSSR count). The van der Waals surface area contributed by atoms with Crippen LogP contribution in [0.15, 0.2) is 60.7 Å². The topological polar surface area (TPSA) is 104 Å². The summed E-state index contributed by atoms with van der Waals surface area (Å²) < 4.78 is 0. The first-order chi connectivity index (χ1) is 17.5. The van der Waals surface area contributed by atoms with Crippen LogP contribution in [0.2, 0.25) is 5.02 Å². The highest BCUT2D eigenvalue weighted by Gasteiger charge is 2.47. The van der Waals surface area contributed by atoms with Crippen molar-refractivity contribution >= 4 is 28.6 Å². The van der Waals surface area contributed by atoms with E-state index in [0.717, 1.165) is 61.7 Å². The van der Waals surface area contributed by atoms with Crippen molar-refractivity contribution in [2.75, 3.05) is 12.3 Å². The lowest BCUT2D eigenvalue weighted by Gasteiger charge is -2.44. The van der Waals surface area contributed by atoms with Crippen LogP contribution in [0, 0.1) is 0 Å². The number of nitrogens with zero attached hydrogens (tertiary/aromatic N) is 4. The molecule has 36 heavy (non-hydrogen) atoms. The van der Waals surface area contributed by atoms with Gasteiger partial charge in [0.15, 0.2) is 5.65 Å². The van der Waals surface area contributed by atoms with Crippen molar-refractivity contribution in [3.63, 3.8) is 0 Å². The Balaban J connectivity index is 1.19. The highest BCUT2D eigenvalue weighted by molar-refractivity contribution is 6.30. The molecule has 0 amide bonds. The van der Waals surface area contributed by atoms with Gasteiger partial charge in [-0.25, -0.2) is 10.1 Å². The van der Waals surface area contributed by atoms with Gasteiger partial charge in [0, 0.05) is 23.0 Å². The van der Waals surface area contributed by atoms with Gasteiger partial charge in [-0.3, -0.25) is 4.90 Å². The molecule has 2 aliphatic rings. The molecule has 186 valence electrons. The van der Waals surface area contributed by atoms with Gasteiger partial charge in [0.05, 0.1) is 5.60 Å². The first-order valence-corrected chi connectivity index (χ1v) is 13.1. The summed E-state index contributed by atoms with van der Waals surface area (Å²) in [6.07, 6.45) is 5.83. The molecule has 2 bridgehead atoms. The third-order valence-corrected chi connectivity index (χ3v) is 8.39. The molecule has 2 aromatic carbocycles. The summed E-state index contributed by atoms with van der Waals surface area (Å²) in [5.41, 5.74) is 10.1. The SMILES string of the molecule is Nc1cc([C@H](CCCN2[C@@H]3CC[C@H]2C[C@](O)(c2ccc(Cl)cc2)C3)c2ccccc2)c2nn[nH]c2n1. The molecule has 0 aliphatic carbocycles. The number of hydrogen-bond acceptors (Lipinski definition) is 6. The van der Waals surface area contributed by atoms with Gasteiger partial charge in [0.1, 0.15) is 11.3 Å². The molecular formula is C28H31ClN6O. The van der Waals surface area contributed by atoms with Crippen molar-refractivity contribution in [3.05, 3.63) is 82.4 Å². The molecule has 4 aromatic rings. The van der Waals surface area contributed by atoms with E-state index >= 15 is 0 Å². The smallest absolute Gasteiger partial charge is 0.178 e. The lowest BCUT2D eigenvalue weighted by molar-refractivity contribution is -0.0571. The summed E-state index contributed by atoms with van der Waals surface area (Å²) in [6, 6.07) is 21.0. The number of benzene rings is 2. The highest BCUT2D eigenvalue weighted by Crippen LogP contribution is 2.46. The number of rotatable bonds is 7. The Morgan fingerprint density at radius 2 is 1.81 bits per heavy atom. The normalized spacial score (nSPS) is 24.8. The van der Waals surface area contributed by atoms with E-state index in [9.17, 15) is 5.11 Å². The summed E-state index contributed by atoms with van der Waals surface area (Å²) >= 11 is 6.08. The number of hydrogen-bond donors (Lipinski definition) is 3. The van der Waals surface area contributed by atoms with Crippen molar-refractivity contribution in [2.24, 2.45) is 0 Å². The number of anilines is 1. The van der Waals surface area contributed by atoms with Crippen LogP contribution in [-0.2, 0) is 5.60 Å². The zero-order valence-corrected chi connectivity index (χ0v) is 20.9. The van der Waals surface area contributed by atoms with Crippen LogP contribution in [-0.4, -0.2) is 49.0 Å². The number of nitrogens with one attached hydrogen (secondary N) is 1. The molecule has 0 saturated carbocycles. The standard InChI is InChI=1S/C28H31ClN6O/c29-20-10-8-19(9-11-20)28(36)16-21-12-13-22(17-28)35(21)14-4-7-23(18-5-2-1-3-6-18)24-15-25(30)31-27-26(24)32-34-33-27/h1-3,5-6,8-11,15,21-23,36H,4,7,12-14,16-17H2,(H3,30,31,32,33,34)/t21-,22+,23-,28+/m1/s1. The van der Waals surface area contributed by atoms with E-state index in [1.165, 1.54) is 5.56 Å². The largest absolute Gasteiger partial charge is 0.385 e. The minimum absolute atomic E-state index is 0.151. The maximum atomic E-state index is 11.5. The Kier molecular flexibility index (Phi) is 6.15. The first-order valence-electron chi connectivity index (χ1n) is 12.8. The first kappa shape index (κ1) is 23.4. The Hall–Kier alpha value is -3.00. The maximum absolute atomic E-state index is 11.5. The number of H-pyrrole nitrogens is 1. The molecule has 0 spiro atoms. The zero-order valence-electron chi connectivity index (χ0n) is 20.1. The fourth-order valence-electron chi connectivity index (χ4n) is 6.49. The van der Waals surface area contributed by atoms with Crippen LogP contribution in [0.4, 0.5) is 5.82 Å². The highest BCUT2D eigenvalue weighted by atomic mass is 35.5. The van der Waals surface area contributed by atoms with Crippen LogP contribution < -0.4 is 5.73 Å².